The molecule has 0 spiro atoms. The predicted molar refractivity (Wildman–Crippen MR) is 71.7 cm³/mol. The predicted octanol–water partition coefficient (Wildman–Crippen LogP) is 3.25. The van der Waals surface area contributed by atoms with Gasteiger partial charge in [0.2, 0.25) is 0 Å². The number of hydrogen-bond donors (Lipinski definition) is 1. The van der Waals surface area contributed by atoms with E-state index in [1.807, 2.05) is 31.0 Å². The first-order valence-electron chi connectivity index (χ1n) is 5.93. The van der Waals surface area contributed by atoms with Crippen LogP contribution in [0.15, 0.2) is 30.9 Å². The van der Waals surface area contributed by atoms with Crippen LogP contribution in [0.25, 0.3) is 0 Å². The smallest absolute Gasteiger partial charge is 0.146 e. The Bertz CT molecular complexity index is 374. The van der Waals surface area contributed by atoms with Gasteiger partial charge in [-0.1, -0.05) is 12.1 Å². The molecule has 0 radical (unpaired) electrons. The number of halogens is 1. The van der Waals surface area contributed by atoms with Gasteiger partial charge in [0.1, 0.15) is 5.82 Å². The average molecular weight is 236 g/mol. The largest absolute Gasteiger partial charge is 0.372 e. The van der Waals surface area contributed by atoms with Crippen LogP contribution in [0.3, 0.4) is 0 Å². The van der Waals surface area contributed by atoms with E-state index in [9.17, 15) is 4.39 Å². The van der Waals surface area contributed by atoms with Crippen molar-refractivity contribution in [2.24, 2.45) is 5.73 Å². The standard InChI is InChI=1S/C14H21FN2/c1-4-5-6-9-17(3)14-8-7-12(11(2)16)10-13(14)15/h4,7-8,10-11H,1,5-6,9,16H2,2-3H3/t11-/m1/s1. The molecule has 1 aromatic carbocycles. The van der Waals surface area contributed by atoms with Gasteiger partial charge in [-0.15, -0.1) is 6.58 Å². The van der Waals surface area contributed by atoms with Gasteiger partial charge in [-0.25, -0.2) is 4.39 Å². The van der Waals surface area contributed by atoms with Crippen molar-refractivity contribution in [3.8, 4) is 0 Å². The molecule has 0 saturated heterocycles. The van der Waals surface area contributed by atoms with Gasteiger partial charge >= 0.3 is 0 Å². The summed E-state index contributed by atoms with van der Waals surface area (Å²) in [6.45, 7) is 6.34. The Kier molecular flexibility index (Phi) is 5.16. The number of benzene rings is 1. The molecule has 1 atom stereocenters. The van der Waals surface area contributed by atoms with Crippen molar-refractivity contribution in [3.05, 3.63) is 42.2 Å². The summed E-state index contributed by atoms with van der Waals surface area (Å²) >= 11 is 0. The first-order chi connectivity index (χ1) is 8.06. The van der Waals surface area contributed by atoms with E-state index in [2.05, 4.69) is 6.58 Å². The number of unbranched alkanes of at least 4 members (excludes halogenated alkanes) is 1. The highest BCUT2D eigenvalue weighted by atomic mass is 19.1. The number of allylic oxidation sites excluding steroid dienone is 1. The molecule has 0 heterocycles. The van der Waals surface area contributed by atoms with Gasteiger partial charge < -0.3 is 10.6 Å². The van der Waals surface area contributed by atoms with Gasteiger partial charge in [-0.2, -0.15) is 0 Å². The van der Waals surface area contributed by atoms with Crippen molar-refractivity contribution in [1.82, 2.24) is 0 Å². The van der Waals surface area contributed by atoms with Gasteiger partial charge in [-0.3, -0.25) is 0 Å². The highest BCUT2D eigenvalue weighted by molar-refractivity contribution is 5.48. The zero-order valence-corrected chi connectivity index (χ0v) is 10.6. The van der Waals surface area contributed by atoms with Crippen LogP contribution in [0.2, 0.25) is 0 Å². The van der Waals surface area contributed by atoms with Crippen molar-refractivity contribution in [2.75, 3.05) is 18.5 Å². The molecule has 1 aromatic rings. The number of nitrogens with zero attached hydrogens (tertiary/aromatic N) is 1. The molecule has 0 fully saturated rings. The number of anilines is 1. The van der Waals surface area contributed by atoms with Crippen LogP contribution < -0.4 is 10.6 Å². The minimum atomic E-state index is -0.207. The van der Waals surface area contributed by atoms with Crippen LogP contribution in [0, 0.1) is 5.82 Å². The summed E-state index contributed by atoms with van der Waals surface area (Å²) in [5.41, 5.74) is 7.16. The Morgan fingerprint density at radius 3 is 2.76 bits per heavy atom. The lowest BCUT2D eigenvalue weighted by Gasteiger charge is -2.20. The van der Waals surface area contributed by atoms with E-state index < -0.39 is 0 Å². The van der Waals surface area contributed by atoms with Gasteiger partial charge in [0, 0.05) is 19.6 Å². The summed E-state index contributed by atoms with van der Waals surface area (Å²) in [6, 6.07) is 5.06. The van der Waals surface area contributed by atoms with Crippen molar-refractivity contribution in [3.63, 3.8) is 0 Å². The average Bonchev–Trinajstić information content (AvgIpc) is 2.28. The molecule has 0 bridgehead atoms. The fraction of sp³-hybridized carbons (Fsp3) is 0.429. The molecule has 17 heavy (non-hydrogen) atoms. The van der Waals surface area contributed by atoms with Crippen LogP contribution in [-0.2, 0) is 0 Å². The van der Waals surface area contributed by atoms with Crippen LogP contribution in [0.1, 0.15) is 31.4 Å². The molecule has 0 aliphatic rings. The number of hydrogen-bond acceptors (Lipinski definition) is 2. The fourth-order valence-electron chi connectivity index (χ4n) is 1.71. The first-order valence-corrected chi connectivity index (χ1v) is 5.93. The van der Waals surface area contributed by atoms with E-state index in [0.29, 0.717) is 5.69 Å². The second-order valence-electron chi connectivity index (χ2n) is 4.35. The molecule has 2 nitrogen and oxygen atoms in total. The molecule has 0 amide bonds. The maximum Gasteiger partial charge on any atom is 0.146 e. The molecule has 94 valence electrons. The lowest BCUT2D eigenvalue weighted by Crippen LogP contribution is -2.20. The van der Waals surface area contributed by atoms with Crippen LogP contribution in [0.4, 0.5) is 10.1 Å². The quantitative estimate of drug-likeness (QED) is 0.607. The Morgan fingerprint density at radius 1 is 1.53 bits per heavy atom. The molecule has 2 N–H and O–H groups in total. The summed E-state index contributed by atoms with van der Waals surface area (Å²) in [7, 11) is 1.90. The van der Waals surface area contributed by atoms with E-state index in [1.165, 1.54) is 6.07 Å². The third-order valence-electron chi connectivity index (χ3n) is 2.81. The molecule has 1 rings (SSSR count). The topological polar surface area (TPSA) is 29.3 Å². The molecular formula is C14H21FN2. The number of rotatable bonds is 6. The van der Waals surface area contributed by atoms with Crippen LogP contribution in [0.5, 0.6) is 0 Å². The molecule has 3 heteroatoms. The maximum atomic E-state index is 13.9. The normalized spacial score (nSPS) is 12.2. The third kappa shape index (κ3) is 3.86. The van der Waals surface area contributed by atoms with E-state index >= 15 is 0 Å². The van der Waals surface area contributed by atoms with Crippen molar-refractivity contribution >= 4 is 5.69 Å². The van der Waals surface area contributed by atoms with Crippen molar-refractivity contribution < 1.29 is 4.39 Å². The molecule has 0 saturated carbocycles. The zero-order chi connectivity index (χ0) is 12.8. The summed E-state index contributed by atoms with van der Waals surface area (Å²) < 4.78 is 13.9. The Labute approximate surface area is 103 Å². The number of nitrogens with two attached hydrogens (primary N) is 1. The summed E-state index contributed by atoms with van der Waals surface area (Å²) in [5.74, 6) is -0.207. The molecule has 0 aliphatic heterocycles. The lowest BCUT2D eigenvalue weighted by atomic mass is 10.1. The third-order valence-corrected chi connectivity index (χ3v) is 2.81. The van der Waals surface area contributed by atoms with Crippen LogP contribution >= 0.6 is 0 Å². The second-order valence-corrected chi connectivity index (χ2v) is 4.35. The molecule has 0 aliphatic carbocycles. The SMILES string of the molecule is C=CCCCN(C)c1ccc([C@@H](C)N)cc1F. The lowest BCUT2D eigenvalue weighted by molar-refractivity contribution is 0.615. The summed E-state index contributed by atoms with van der Waals surface area (Å²) in [5, 5.41) is 0. The Balaban J connectivity index is 2.73. The molecule has 0 aromatic heterocycles. The second kappa shape index (κ2) is 6.40. The van der Waals surface area contributed by atoms with Crippen molar-refractivity contribution in [2.45, 2.75) is 25.8 Å². The van der Waals surface area contributed by atoms with Gasteiger partial charge in [0.15, 0.2) is 0 Å². The fourth-order valence-corrected chi connectivity index (χ4v) is 1.71. The Hall–Kier alpha value is -1.35. The maximum absolute atomic E-state index is 13.9. The molecular weight excluding hydrogens is 215 g/mol. The van der Waals surface area contributed by atoms with Gasteiger partial charge in [-0.05, 0) is 37.5 Å². The van der Waals surface area contributed by atoms with E-state index in [4.69, 9.17) is 5.73 Å². The summed E-state index contributed by atoms with van der Waals surface area (Å²) in [4.78, 5) is 1.92. The van der Waals surface area contributed by atoms with E-state index in [-0.39, 0.29) is 11.9 Å². The summed E-state index contributed by atoms with van der Waals surface area (Å²) in [6.07, 6.45) is 3.81. The minimum Gasteiger partial charge on any atom is -0.372 e. The van der Waals surface area contributed by atoms with Crippen molar-refractivity contribution in [1.29, 1.82) is 0 Å². The van der Waals surface area contributed by atoms with E-state index in [1.54, 1.807) is 6.07 Å². The van der Waals surface area contributed by atoms with Crippen LogP contribution in [-0.4, -0.2) is 13.6 Å². The van der Waals surface area contributed by atoms with E-state index in [0.717, 1.165) is 24.9 Å². The highest BCUT2D eigenvalue weighted by Gasteiger charge is 2.09. The Morgan fingerprint density at radius 2 is 2.24 bits per heavy atom. The highest BCUT2D eigenvalue weighted by Crippen LogP contribution is 2.22. The first kappa shape index (κ1) is 13.7. The minimum absolute atomic E-state index is 0.135. The zero-order valence-electron chi connectivity index (χ0n) is 10.6. The van der Waals surface area contributed by atoms with Gasteiger partial charge in [0.05, 0.1) is 5.69 Å². The van der Waals surface area contributed by atoms with Gasteiger partial charge in [0.25, 0.3) is 0 Å². The monoisotopic (exact) mass is 236 g/mol. The molecule has 0 unspecified atom stereocenters.